The summed E-state index contributed by atoms with van der Waals surface area (Å²) >= 11 is 0. The van der Waals surface area contributed by atoms with Crippen molar-refractivity contribution in [1.29, 1.82) is 0 Å². The Morgan fingerprint density at radius 1 is 1.12 bits per heavy atom. The minimum absolute atomic E-state index is 0.205. The third-order valence-electron chi connectivity index (χ3n) is 1.96. The zero-order chi connectivity index (χ0) is 11.8. The van der Waals surface area contributed by atoms with E-state index in [2.05, 4.69) is 25.7 Å². The molecule has 0 heterocycles. The molecule has 2 nitrogen and oxygen atoms in total. The molecule has 1 aromatic rings. The maximum Gasteiger partial charge on any atom is 0.148 e. The molecule has 0 saturated heterocycles. The highest BCUT2D eigenvalue weighted by Crippen LogP contribution is 2.16. The maximum absolute atomic E-state index is 5.53. The molecule has 0 fully saturated rings. The topological polar surface area (TPSA) is 18.5 Å². The van der Waals surface area contributed by atoms with Crippen molar-refractivity contribution < 1.29 is 9.47 Å². The van der Waals surface area contributed by atoms with E-state index < -0.39 is 0 Å². The van der Waals surface area contributed by atoms with Gasteiger partial charge >= 0.3 is 0 Å². The van der Waals surface area contributed by atoms with Crippen LogP contribution in [0.25, 0.3) is 0 Å². The molecule has 0 aliphatic rings. The lowest BCUT2D eigenvalue weighted by Gasteiger charge is -2.11. The summed E-state index contributed by atoms with van der Waals surface area (Å²) < 4.78 is 10.4. The molecule has 1 atom stereocenters. The van der Waals surface area contributed by atoms with E-state index in [9.17, 15) is 0 Å². The molecule has 0 spiro atoms. The van der Waals surface area contributed by atoms with E-state index >= 15 is 0 Å². The Hall–Kier alpha value is -1.30. The van der Waals surface area contributed by atoms with Crippen molar-refractivity contribution in [3.8, 4) is 11.8 Å². The predicted octanol–water partition coefficient (Wildman–Crippen LogP) is 3.01. The zero-order valence-corrected chi connectivity index (χ0v) is 10.1. The van der Waals surface area contributed by atoms with Crippen molar-refractivity contribution >= 4 is 0 Å². The Morgan fingerprint density at radius 3 is 2.38 bits per heavy atom. The van der Waals surface area contributed by atoms with E-state index in [0.29, 0.717) is 5.92 Å². The summed E-state index contributed by atoms with van der Waals surface area (Å²) in [5, 5.41) is 0. The van der Waals surface area contributed by atoms with E-state index in [0.717, 1.165) is 5.56 Å². The minimum Gasteiger partial charge on any atom is -0.359 e. The average Bonchev–Trinajstić information content (AvgIpc) is 2.30. The Balaban J connectivity index is 2.76. The van der Waals surface area contributed by atoms with Crippen LogP contribution in [0, 0.1) is 17.8 Å². The fourth-order valence-corrected chi connectivity index (χ4v) is 1.23. The van der Waals surface area contributed by atoms with Gasteiger partial charge in [-0.25, -0.2) is 0 Å². The van der Waals surface area contributed by atoms with Gasteiger partial charge in [0.05, 0.1) is 0 Å². The van der Waals surface area contributed by atoms with Crippen molar-refractivity contribution in [1.82, 2.24) is 0 Å². The molecule has 0 aliphatic carbocycles. The number of hydrogen-bond donors (Lipinski definition) is 0. The molecule has 0 amide bonds. The van der Waals surface area contributed by atoms with Gasteiger partial charge in [-0.2, -0.15) is 0 Å². The van der Waals surface area contributed by atoms with Gasteiger partial charge in [-0.05, 0) is 5.56 Å². The van der Waals surface area contributed by atoms with Crippen molar-refractivity contribution in [2.75, 3.05) is 13.9 Å². The highest BCUT2D eigenvalue weighted by atomic mass is 16.7. The molecule has 0 saturated carbocycles. The molecule has 1 unspecified atom stereocenters. The molecular formula is C14H18O2. The number of rotatable bonds is 4. The summed E-state index contributed by atoms with van der Waals surface area (Å²) in [6.07, 6.45) is -0.205. The van der Waals surface area contributed by atoms with Gasteiger partial charge in [0.15, 0.2) is 0 Å². The van der Waals surface area contributed by atoms with Gasteiger partial charge in [0.1, 0.15) is 12.9 Å². The first-order valence-electron chi connectivity index (χ1n) is 5.40. The van der Waals surface area contributed by atoms with Gasteiger partial charge in [-0.3, -0.25) is 0 Å². The van der Waals surface area contributed by atoms with Gasteiger partial charge in [-0.15, -0.1) is 0 Å². The summed E-state index contributed by atoms with van der Waals surface area (Å²) in [6.45, 7) is 4.38. The number of methoxy groups -OCH3 is 1. The van der Waals surface area contributed by atoms with Gasteiger partial charge in [-0.1, -0.05) is 56.0 Å². The Kier molecular flexibility index (Phi) is 5.63. The minimum atomic E-state index is -0.205. The summed E-state index contributed by atoms with van der Waals surface area (Å²) in [6, 6.07) is 9.96. The largest absolute Gasteiger partial charge is 0.359 e. The van der Waals surface area contributed by atoms with Crippen LogP contribution in [0.3, 0.4) is 0 Å². The first-order chi connectivity index (χ1) is 7.74. The van der Waals surface area contributed by atoms with Gasteiger partial charge < -0.3 is 9.47 Å². The quantitative estimate of drug-likeness (QED) is 0.571. The third kappa shape index (κ3) is 4.48. The maximum atomic E-state index is 5.53. The van der Waals surface area contributed by atoms with E-state index in [4.69, 9.17) is 9.47 Å². The van der Waals surface area contributed by atoms with Gasteiger partial charge in [0, 0.05) is 13.0 Å². The van der Waals surface area contributed by atoms with Crippen LogP contribution in [-0.2, 0) is 9.47 Å². The Labute approximate surface area is 97.6 Å². The second-order valence-corrected chi connectivity index (χ2v) is 3.81. The second-order valence-electron chi connectivity index (χ2n) is 3.81. The highest BCUT2D eigenvalue weighted by Gasteiger charge is 2.07. The Bertz CT molecular complexity index is 346. The van der Waals surface area contributed by atoms with Crippen molar-refractivity contribution in [2.45, 2.75) is 20.0 Å². The fraction of sp³-hybridized carbons (Fsp3) is 0.429. The summed E-state index contributed by atoms with van der Waals surface area (Å²) in [5.74, 6) is 6.59. The Morgan fingerprint density at radius 2 is 1.81 bits per heavy atom. The molecule has 0 aromatic heterocycles. The van der Waals surface area contributed by atoms with Gasteiger partial charge in [0.2, 0.25) is 0 Å². The van der Waals surface area contributed by atoms with Crippen LogP contribution in [0.5, 0.6) is 0 Å². The zero-order valence-electron chi connectivity index (χ0n) is 10.1. The SMILES string of the molecule is COCOC(C#CC(C)C)c1ccccc1. The number of ether oxygens (including phenoxy) is 2. The predicted molar refractivity (Wildman–Crippen MR) is 64.8 cm³/mol. The lowest BCUT2D eigenvalue weighted by molar-refractivity contribution is -0.0535. The average molecular weight is 218 g/mol. The highest BCUT2D eigenvalue weighted by molar-refractivity contribution is 5.25. The van der Waals surface area contributed by atoms with E-state index in [1.54, 1.807) is 7.11 Å². The molecular weight excluding hydrogens is 200 g/mol. The second kappa shape index (κ2) is 7.05. The standard InChI is InChI=1S/C14H18O2/c1-12(2)9-10-14(16-11-15-3)13-7-5-4-6-8-13/h4-8,12,14H,11H2,1-3H3. The van der Waals surface area contributed by atoms with Crippen LogP contribution >= 0.6 is 0 Å². The summed E-state index contributed by atoms with van der Waals surface area (Å²) in [4.78, 5) is 0. The van der Waals surface area contributed by atoms with Crippen LogP contribution in [0.1, 0.15) is 25.5 Å². The van der Waals surface area contributed by atoms with Crippen molar-refractivity contribution in [3.63, 3.8) is 0 Å². The van der Waals surface area contributed by atoms with Crippen LogP contribution in [-0.4, -0.2) is 13.9 Å². The monoisotopic (exact) mass is 218 g/mol. The third-order valence-corrected chi connectivity index (χ3v) is 1.96. The van der Waals surface area contributed by atoms with Gasteiger partial charge in [0.25, 0.3) is 0 Å². The molecule has 16 heavy (non-hydrogen) atoms. The van der Waals surface area contributed by atoms with E-state index in [1.807, 2.05) is 30.3 Å². The van der Waals surface area contributed by atoms with Crippen molar-refractivity contribution in [2.24, 2.45) is 5.92 Å². The smallest absolute Gasteiger partial charge is 0.148 e. The van der Waals surface area contributed by atoms with Crippen LogP contribution in [0.15, 0.2) is 30.3 Å². The van der Waals surface area contributed by atoms with Crippen molar-refractivity contribution in [3.05, 3.63) is 35.9 Å². The summed E-state index contributed by atoms with van der Waals surface area (Å²) in [7, 11) is 1.61. The molecule has 0 N–H and O–H groups in total. The summed E-state index contributed by atoms with van der Waals surface area (Å²) in [5.41, 5.74) is 1.06. The fourth-order valence-electron chi connectivity index (χ4n) is 1.23. The molecule has 0 radical (unpaired) electrons. The van der Waals surface area contributed by atoms with Crippen LogP contribution in [0.2, 0.25) is 0 Å². The normalized spacial score (nSPS) is 12.0. The number of benzene rings is 1. The van der Waals surface area contributed by atoms with Crippen LogP contribution < -0.4 is 0 Å². The first kappa shape index (κ1) is 12.8. The van der Waals surface area contributed by atoms with E-state index in [-0.39, 0.29) is 12.9 Å². The molecule has 0 aliphatic heterocycles. The molecule has 86 valence electrons. The number of hydrogen-bond acceptors (Lipinski definition) is 2. The molecule has 2 heteroatoms. The van der Waals surface area contributed by atoms with Crippen LogP contribution in [0.4, 0.5) is 0 Å². The van der Waals surface area contributed by atoms with E-state index in [1.165, 1.54) is 0 Å². The molecule has 0 bridgehead atoms. The lowest BCUT2D eigenvalue weighted by atomic mass is 10.1. The lowest BCUT2D eigenvalue weighted by Crippen LogP contribution is -2.05. The molecule has 1 rings (SSSR count). The first-order valence-corrected chi connectivity index (χ1v) is 5.40. The molecule has 1 aromatic carbocycles.